The molecule has 0 heterocycles. The molecule has 0 unspecified atom stereocenters. The van der Waals surface area contributed by atoms with Gasteiger partial charge in [0.2, 0.25) is 0 Å². The quantitative estimate of drug-likeness (QED) is 0.258. The van der Waals surface area contributed by atoms with Gasteiger partial charge in [-0.1, -0.05) is 96.8 Å². The molecule has 1 heteroatoms. The average molecular weight is 279 g/mol. The zero-order valence-electron chi connectivity index (χ0n) is 13.3. The average Bonchev–Trinajstić information content (AvgIpc) is 2.35. The van der Waals surface area contributed by atoms with Crippen molar-refractivity contribution in [1.29, 1.82) is 0 Å². The summed E-state index contributed by atoms with van der Waals surface area (Å²) in [5, 5.41) is 0. The van der Waals surface area contributed by atoms with Gasteiger partial charge in [0.15, 0.2) is 0 Å². The van der Waals surface area contributed by atoms with Gasteiger partial charge < -0.3 is 6.92 Å². The minimum atomic E-state index is 0. The molecule has 0 aromatic carbocycles. The fraction of sp³-hybridized carbons (Fsp3) is 0.941. The summed E-state index contributed by atoms with van der Waals surface area (Å²) in [6.07, 6.45) is 21.3. The van der Waals surface area contributed by atoms with Crippen LogP contribution in [0.25, 0.3) is 0 Å². The molecule has 0 spiro atoms. The molecule has 0 aromatic heterocycles. The Kier molecular flexibility index (Phi) is 25.5. The minimum Gasteiger partial charge on any atom is -0.343 e. The molecule has 104 valence electrons. The first-order valence-corrected chi connectivity index (χ1v) is 8.21. The summed E-state index contributed by atoms with van der Waals surface area (Å²) >= 11 is 0. The van der Waals surface area contributed by atoms with Gasteiger partial charge in [-0.3, -0.25) is 0 Å². The number of unbranched alkanes of at least 4 members (excludes halogenated alkanes) is 14. The van der Waals surface area contributed by atoms with E-state index in [9.17, 15) is 0 Å². The Balaban J connectivity index is 0. The molecule has 0 saturated heterocycles. The fourth-order valence-electron chi connectivity index (χ4n) is 2.37. The van der Waals surface area contributed by atoms with Crippen molar-refractivity contribution in [3.63, 3.8) is 0 Å². The van der Waals surface area contributed by atoms with E-state index in [0.717, 1.165) is 6.42 Å². The Morgan fingerprint density at radius 1 is 0.500 bits per heavy atom. The maximum absolute atomic E-state index is 3.88. The van der Waals surface area contributed by atoms with Crippen LogP contribution in [0.2, 0.25) is 0 Å². The van der Waals surface area contributed by atoms with E-state index >= 15 is 0 Å². The summed E-state index contributed by atoms with van der Waals surface area (Å²) in [5.74, 6) is 0. The summed E-state index contributed by atoms with van der Waals surface area (Å²) < 4.78 is 0. The van der Waals surface area contributed by atoms with E-state index in [2.05, 4.69) is 13.8 Å². The standard InChI is InChI=1S/C17H35.K/c1-3-5-7-9-11-13-15-17-16-14-12-10-8-6-4-2;/h1,3-17H2,2H3;/q-1;+1. The van der Waals surface area contributed by atoms with E-state index in [-0.39, 0.29) is 51.4 Å². The van der Waals surface area contributed by atoms with Crippen LogP contribution >= 0.6 is 0 Å². The van der Waals surface area contributed by atoms with Crippen molar-refractivity contribution in [3.05, 3.63) is 6.92 Å². The first-order valence-electron chi connectivity index (χ1n) is 8.21. The Labute approximate surface area is 160 Å². The molecule has 0 rings (SSSR count). The van der Waals surface area contributed by atoms with E-state index < -0.39 is 0 Å². The van der Waals surface area contributed by atoms with Crippen molar-refractivity contribution in [2.45, 2.75) is 103 Å². The first-order chi connectivity index (χ1) is 8.41. The molecular formula is C17H35K. The Hall–Kier alpha value is 1.64. The van der Waals surface area contributed by atoms with Crippen molar-refractivity contribution in [2.24, 2.45) is 0 Å². The minimum absolute atomic E-state index is 0. The van der Waals surface area contributed by atoms with Crippen molar-refractivity contribution in [1.82, 2.24) is 0 Å². The van der Waals surface area contributed by atoms with E-state index in [1.165, 1.54) is 89.9 Å². The number of rotatable bonds is 14. The first kappa shape index (κ1) is 21.9. The summed E-state index contributed by atoms with van der Waals surface area (Å²) in [5.41, 5.74) is 0. The van der Waals surface area contributed by atoms with Crippen LogP contribution in [-0.2, 0) is 0 Å². The zero-order valence-corrected chi connectivity index (χ0v) is 16.4. The summed E-state index contributed by atoms with van der Waals surface area (Å²) in [6.45, 7) is 6.17. The predicted octanol–water partition coefficient (Wildman–Crippen LogP) is 3.70. The van der Waals surface area contributed by atoms with Gasteiger partial charge in [0.05, 0.1) is 0 Å². The third kappa shape index (κ3) is 20.0. The van der Waals surface area contributed by atoms with Crippen LogP contribution in [0, 0.1) is 6.92 Å². The van der Waals surface area contributed by atoms with E-state index in [0.29, 0.717) is 0 Å². The molecule has 0 aliphatic carbocycles. The molecule has 0 aliphatic rings. The van der Waals surface area contributed by atoms with Crippen molar-refractivity contribution < 1.29 is 51.4 Å². The molecule has 0 aliphatic heterocycles. The molecule has 0 aromatic rings. The largest absolute Gasteiger partial charge is 1.00 e. The monoisotopic (exact) mass is 278 g/mol. The molecular weight excluding hydrogens is 243 g/mol. The van der Waals surface area contributed by atoms with Crippen LogP contribution in [0.3, 0.4) is 0 Å². The molecule has 18 heavy (non-hydrogen) atoms. The van der Waals surface area contributed by atoms with Gasteiger partial charge in [-0.25, -0.2) is 0 Å². The zero-order chi connectivity index (χ0) is 12.6. The molecule has 0 fully saturated rings. The summed E-state index contributed by atoms with van der Waals surface area (Å²) in [7, 11) is 0. The SMILES string of the molecule is [CH2-]CCCCCCCCCCCCCCCC.[K+]. The Morgan fingerprint density at radius 2 is 0.778 bits per heavy atom. The van der Waals surface area contributed by atoms with Gasteiger partial charge >= 0.3 is 51.4 Å². The van der Waals surface area contributed by atoms with Gasteiger partial charge in [-0.05, 0) is 0 Å². The topological polar surface area (TPSA) is 0 Å². The van der Waals surface area contributed by atoms with E-state index in [4.69, 9.17) is 0 Å². The summed E-state index contributed by atoms with van der Waals surface area (Å²) in [4.78, 5) is 0. The Bertz CT molecular complexity index is 109. The molecule has 0 amide bonds. The second-order valence-electron chi connectivity index (χ2n) is 5.45. The van der Waals surface area contributed by atoms with Gasteiger partial charge in [-0.15, -0.1) is 0 Å². The van der Waals surface area contributed by atoms with Gasteiger partial charge in [0.1, 0.15) is 0 Å². The van der Waals surface area contributed by atoms with Crippen LogP contribution in [0.15, 0.2) is 0 Å². The van der Waals surface area contributed by atoms with Crippen LogP contribution in [-0.4, -0.2) is 0 Å². The molecule has 0 N–H and O–H groups in total. The van der Waals surface area contributed by atoms with Crippen LogP contribution in [0.5, 0.6) is 0 Å². The van der Waals surface area contributed by atoms with Crippen LogP contribution < -0.4 is 51.4 Å². The number of hydrogen-bond acceptors (Lipinski definition) is 0. The van der Waals surface area contributed by atoms with Gasteiger partial charge in [0, 0.05) is 0 Å². The molecule has 0 bridgehead atoms. The van der Waals surface area contributed by atoms with Crippen LogP contribution in [0.4, 0.5) is 0 Å². The maximum atomic E-state index is 3.88. The summed E-state index contributed by atoms with van der Waals surface area (Å²) in [6, 6.07) is 0. The maximum Gasteiger partial charge on any atom is 1.00 e. The second kappa shape index (κ2) is 20.9. The molecule has 0 saturated carbocycles. The van der Waals surface area contributed by atoms with Crippen molar-refractivity contribution in [2.75, 3.05) is 0 Å². The fourth-order valence-corrected chi connectivity index (χ4v) is 2.37. The Morgan fingerprint density at radius 3 is 1.06 bits per heavy atom. The van der Waals surface area contributed by atoms with Gasteiger partial charge in [-0.2, -0.15) is 6.42 Å². The molecule has 0 atom stereocenters. The van der Waals surface area contributed by atoms with Crippen molar-refractivity contribution >= 4 is 0 Å². The van der Waals surface area contributed by atoms with E-state index in [1.54, 1.807) is 0 Å². The normalized spacial score (nSPS) is 10.3. The third-order valence-electron chi connectivity index (χ3n) is 3.60. The van der Waals surface area contributed by atoms with E-state index in [1.807, 2.05) is 0 Å². The third-order valence-corrected chi connectivity index (χ3v) is 3.60. The number of hydrogen-bond donors (Lipinski definition) is 0. The smallest absolute Gasteiger partial charge is 0.343 e. The predicted molar refractivity (Wildman–Crippen MR) is 80.3 cm³/mol. The van der Waals surface area contributed by atoms with Crippen LogP contribution in [0.1, 0.15) is 103 Å². The van der Waals surface area contributed by atoms with Crippen molar-refractivity contribution in [3.8, 4) is 0 Å². The molecule has 0 nitrogen and oxygen atoms in total. The second-order valence-corrected chi connectivity index (χ2v) is 5.45. The van der Waals surface area contributed by atoms with Gasteiger partial charge in [0.25, 0.3) is 0 Å². The molecule has 0 radical (unpaired) electrons.